The van der Waals surface area contributed by atoms with Crippen LogP contribution in [0.5, 0.6) is 5.75 Å². The molecule has 3 aromatic rings. The Hall–Kier alpha value is -3.09. The maximum Gasteiger partial charge on any atom is 0.451 e. The summed E-state index contributed by atoms with van der Waals surface area (Å²) in [6.07, 6.45) is 1.25. The Labute approximate surface area is 222 Å². The fourth-order valence-electron chi connectivity index (χ4n) is 4.88. The third kappa shape index (κ3) is 5.82. The topological polar surface area (TPSA) is 89.5 Å². The van der Waals surface area contributed by atoms with E-state index in [0.717, 1.165) is 53.8 Å². The van der Waals surface area contributed by atoms with Gasteiger partial charge in [-0.15, -0.1) is 11.3 Å². The first-order valence-electron chi connectivity index (χ1n) is 12.4. The third-order valence-electron chi connectivity index (χ3n) is 6.66. The second-order valence-electron chi connectivity index (χ2n) is 9.73. The first-order chi connectivity index (χ1) is 18.1. The van der Waals surface area contributed by atoms with Gasteiger partial charge in [-0.2, -0.15) is 13.2 Å². The number of nitrogens with zero attached hydrogens (tertiary/aromatic N) is 4. The van der Waals surface area contributed by atoms with Gasteiger partial charge >= 0.3 is 6.18 Å². The Morgan fingerprint density at radius 1 is 1.24 bits per heavy atom. The van der Waals surface area contributed by atoms with Gasteiger partial charge in [0, 0.05) is 59.3 Å². The van der Waals surface area contributed by atoms with E-state index in [4.69, 9.17) is 9.47 Å². The maximum atomic E-state index is 13.1. The zero-order valence-electron chi connectivity index (χ0n) is 21.0. The van der Waals surface area contributed by atoms with Crippen molar-refractivity contribution in [3.63, 3.8) is 0 Å². The molecule has 1 aromatic carbocycles. The number of ether oxygens (including phenoxy) is 2. The summed E-state index contributed by atoms with van der Waals surface area (Å²) in [6, 6.07) is 5.66. The number of nitrogens with one attached hydrogen (secondary N) is 1. The number of aromatic nitrogens is 3. The average molecular weight is 548 g/mol. The molecular weight excluding hydrogens is 519 g/mol. The lowest BCUT2D eigenvalue weighted by Gasteiger charge is -2.32. The molecule has 2 bridgehead atoms. The van der Waals surface area contributed by atoms with Gasteiger partial charge in [0.15, 0.2) is 0 Å². The van der Waals surface area contributed by atoms with Crippen LogP contribution in [0.2, 0.25) is 0 Å². The number of thiazole rings is 1. The second kappa shape index (κ2) is 10.6. The number of halogens is 3. The molecule has 5 rings (SSSR count). The van der Waals surface area contributed by atoms with Crippen molar-refractivity contribution >= 4 is 17.2 Å². The minimum Gasteiger partial charge on any atom is -0.490 e. The number of hydrogen-bond donors (Lipinski definition) is 1. The summed E-state index contributed by atoms with van der Waals surface area (Å²) >= 11 is 1.50. The van der Waals surface area contributed by atoms with Gasteiger partial charge in [0.1, 0.15) is 23.0 Å². The van der Waals surface area contributed by atoms with Gasteiger partial charge in [0.05, 0.1) is 6.61 Å². The molecule has 2 aliphatic heterocycles. The summed E-state index contributed by atoms with van der Waals surface area (Å²) in [6.45, 7) is 7.01. The van der Waals surface area contributed by atoms with E-state index in [1.54, 1.807) is 18.3 Å². The van der Waals surface area contributed by atoms with Crippen LogP contribution in [0.4, 0.5) is 13.2 Å². The lowest BCUT2D eigenvalue weighted by molar-refractivity contribution is -0.145. The van der Waals surface area contributed by atoms with Gasteiger partial charge in [0.2, 0.25) is 5.82 Å². The van der Waals surface area contributed by atoms with E-state index in [1.807, 2.05) is 13.0 Å². The van der Waals surface area contributed by atoms with Crippen LogP contribution in [0.15, 0.2) is 36.8 Å². The SMILES string of the molecule is CCCN1CC2(COc3cc(C(=O)NCc4cnc(C(F)(F)F)nc4)cc(-c4ncc(C)s4)c3)CC1CO2. The Kier molecular flexibility index (Phi) is 7.38. The summed E-state index contributed by atoms with van der Waals surface area (Å²) in [5.74, 6) is -1.11. The second-order valence-corrected chi connectivity index (χ2v) is 11.0. The molecule has 2 fully saturated rings. The van der Waals surface area contributed by atoms with Crippen LogP contribution >= 0.6 is 11.3 Å². The molecule has 0 aliphatic carbocycles. The van der Waals surface area contributed by atoms with E-state index in [2.05, 4.69) is 32.1 Å². The standard InChI is InChI=1S/C26H28F3N5O3S/c1-3-4-34-14-25(8-20(34)13-37-25)15-36-21-6-18(5-19(7-21)23-31-9-16(2)38-23)22(35)30-10-17-11-32-24(33-12-17)26(27,28)29/h5-7,9,11-12,20H,3-4,8,10,13-15H2,1-2H3,(H,30,35). The number of rotatable bonds is 9. The van der Waals surface area contributed by atoms with Gasteiger partial charge in [-0.05, 0) is 44.5 Å². The number of carbonyl (C=O) groups excluding carboxylic acids is 1. The number of fused-ring (bicyclic) bond motifs is 2. The number of amides is 1. The summed E-state index contributed by atoms with van der Waals surface area (Å²) in [7, 11) is 0. The number of benzene rings is 1. The van der Waals surface area contributed by atoms with Crippen molar-refractivity contribution in [1.82, 2.24) is 25.2 Å². The smallest absolute Gasteiger partial charge is 0.451 e. The van der Waals surface area contributed by atoms with Crippen molar-refractivity contribution in [1.29, 1.82) is 0 Å². The van der Waals surface area contributed by atoms with E-state index < -0.39 is 17.9 Å². The molecule has 0 spiro atoms. The van der Waals surface area contributed by atoms with Crippen LogP contribution < -0.4 is 10.1 Å². The highest BCUT2D eigenvalue weighted by Gasteiger charge is 2.51. The first-order valence-corrected chi connectivity index (χ1v) is 13.2. The molecule has 2 saturated heterocycles. The van der Waals surface area contributed by atoms with E-state index in [9.17, 15) is 18.0 Å². The molecule has 0 radical (unpaired) electrons. The monoisotopic (exact) mass is 547 g/mol. The van der Waals surface area contributed by atoms with Crippen LogP contribution in [0.1, 0.15) is 46.4 Å². The van der Waals surface area contributed by atoms with Crippen LogP contribution in [-0.4, -0.2) is 63.7 Å². The fraction of sp³-hybridized carbons (Fsp3) is 0.462. The normalized spacial score (nSPS) is 21.1. The molecule has 8 nitrogen and oxygen atoms in total. The lowest BCUT2D eigenvalue weighted by Crippen LogP contribution is -2.45. The molecule has 2 unspecified atom stereocenters. The zero-order chi connectivity index (χ0) is 26.9. The summed E-state index contributed by atoms with van der Waals surface area (Å²) in [5, 5.41) is 3.48. The van der Waals surface area contributed by atoms with Gasteiger partial charge in [-0.25, -0.2) is 15.0 Å². The minimum atomic E-state index is -4.62. The first kappa shape index (κ1) is 26.5. The lowest BCUT2D eigenvalue weighted by atomic mass is 10.0. The predicted molar refractivity (Wildman–Crippen MR) is 135 cm³/mol. The molecule has 4 heterocycles. The van der Waals surface area contributed by atoms with E-state index in [0.29, 0.717) is 36.1 Å². The number of hydrogen-bond acceptors (Lipinski definition) is 8. The predicted octanol–water partition coefficient (Wildman–Crippen LogP) is 4.49. The summed E-state index contributed by atoms with van der Waals surface area (Å²) in [5.41, 5.74) is 1.07. The molecule has 12 heteroatoms. The zero-order valence-corrected chi connectivity index (χ0v) is 21.9. The highest BCUT2D eigenvalue weighted by Crippen LogP contribution is 2.38. The molecule has 1 amide bonds. The van der Waals surface area contributed by atoms with Crippen LogP contribution in [0.25, 0.3) is 10.6 Å². The van der Waals surface area contributed by atoms with Crippen molar-refractivity contribution in [3.8, 4) is 16.3 Å². The van der Waals surface area contributed by atoms with Crippen LogP contribution in [0.3, 0.4) is 0 Å². The highest BCUT2D eigenvalue weighted by molar-refractivity contribution is 7.14. The van der Waals surface area contributed by atoms with Crippen molar-refractivity contribution < 1.29 is 27.4 Å². The number of morpholine rings is 1. The molecular formula is C26H28F3N5O3S. The highest BCUT2D eigenvalue weighted by atomic mass is 32.1. The molecule has 202 valence electrons. The summed E-state index contributed by atoms with van der Waals surface area (Å²) < 4.78 is 50.5. The molecule has 38 heavy (non-hydrogen) atoms. The molecule has 0 saturated carbocycles. The molecule has 2 aliphatic rings. The van der Waals surface area contributed by atoms with Crippen LogP contribution in [0, 0.1) is 6.92 Å². The Balaban J connectivity index is 1.31. The Morgan fingerprint density at radius 2 is 2.03 bits per heavy atom. The van der Waals surface area contributed by atoms with E-state index in [-0.39, 0.29) is 12.1 Å². The summed E-state index contributed by atoms with van der Waals surface area (Å²) in [4.78, 5) is 27.7. The van der Waals surface area contributed by atoms with E-state index in [1.165, 1.54) is 11.3 Å². The van der Waals surface area contributed by atoms with E-state index >= 15 is 0 Å². The van der Waals surface area contributed by atoms with Crippen LogP contribution in [-0.2, 0) is 17.5 Å². The average Bonchev–Trinajstić information content (AvgIpc) is 3.61. The van der Waals surface area contributed by atoms with Gasteiger partial charge in [-0.3, -0.25) is 9.69 Å². The quantitative estimate of drug-likeness (QED) is 0.422. The molecule has 1 N–H and O–H groups in total. The molecule has 2 atom stereocenters. The largest absolute Gasteiger partial charge is 0.490 e. The number of aryl methyl sites for hydroxylation is 1. The van der Waals surface area contributed by atoms with Gasteiger partial charge < -0.3 is 14.8 Å². The molecule has 2 aromatic heterocycles. The van der Waals surface area contributed by atoms with Gasteiger partial charge in [0.25, 0.3) is 5.91 Å². The number of likely N-dealkylation sites (tertiary alicyclic amines) is 1. The van der Waals surface area contributed by atoms with Crippen molar-refractivity contribution in [2.75, 3.05) is 26.3 Å². The maximum absolute atomic E-state index is 13.1. The Morgan fingerprint density at radius 3 is 2.71 bits per heavy atom. The van der Waals surface area contributed by atoms with Crippen molar-refractivity contribution in [2.45, 2.75) is 51.1 Å². The number of alkyl halides is 3. The Bertz CT molecular complexity index is 1300. The number of carbonyl (C=O) groups is 1. The van der Waals surface area contributed by atoms with Gasteiger partial charge in [-0.1, -0.05) is 6.92 Å². The minimum absolute atomic E-state index is 0.0284. The van der Waals surface area contributed by atoms with Crippen molar-refractivity contribution in [2.24, 2.45) is 0 Å². The third-order valence-corrected chi connectivity index (χ3v) is 7.62. The fourth-order valence-corrected chi connectivity index (χ4v) is 5.63. The van der Waals surface area contributed by atoms with Crippen molar-refractivity contribution in [3.05, 3.63) is 58.6 Å².